The molecule has 0 bridgehead atoms. The molecule has 1 saturated carbocycles. The molecule has 0 spiro atoms. The van der Waals surface area contributed by atoms with Crippen LogP contribution in [0, 0.1) is 30.1 Å². The molecule has 0 heterocycles. The Morgan fingerprint density at radius 2 is 2.10 bits per heavy atom. The third kappa shape index (κ3) is 1.34. The van der Waals surface area contributed by atoms with Crippen LogP contribution >= 0.6 is 0 Å². The Kier molecular flexibility index (Phi) is 2.38. The second-order valence-corrected chi connectivity index (χ2v) is 3.61. The average molecular weight is 136 g/mol. The molecule has 0 amide bonds. The normalized spacial score (nSPS) is 32.6. The molecule has 0 aromatic heterocycles. The van der Waals surface area contributed by atoms with Gasteiger partial charge in [-0.15, -0.1) is 12.3 Å². The first-order valence-corrected chi connectivity index (χ1v) is 4.22. The van der Waals surface area contributed by atoms with Crippen LogP contribution in [0.3, 0.4) is 0 Å². The first kappa shape index (κ1) is 7.66. The summed E-state index contributed by atoms with van der Waals surface area (Å²) in [5.74, 6) is 5.07. The second kappa shape index (κ2) is 3.10. The maximum absolute atomic E-state index is 5.41. The van der Waals surface area contributed by atoms with E-state index in [2.05, 4.69) is 19.8 Å². The van der Waals surface area contributed by atoms with Gasteiger partial charge >= 0.3 is 0 Å². The van der Waals surface area contributed by atoms with Gasteiger partial charge in [-0.1, -0.05) is 20.3 Å². The summed E-state index contributed by atoms with van der Waals surface area (Å²) in [6, 6.07) is 0. The molecule has 0 unspecified atom stereocenters. The lowest BCUT2D eigenvalue weighted by Crippen LogP contribution is -2.12. The molecule has 0 aromatic rings. The quantitative estimate of drug-likeness (QED) is 0.486. The molecule has 0 heteroatoms. The molecule has 56 valence electrons. The van der Waals surface area contributed by atoms with E-state index in [9.17, 15) is 0 Å². The highest BCUT2D eigenvalue weighted by atomic mass is 14.3. The van der Waals surface area contributed by atoms with E-state index in [-0.39, 0.29) is 0 Å². The second-order valence-electron chi connectivity index (χ2n) is 3.61. The molecule has 1 rings (SSSR count). The van der Waals surface area contributed by atoms with Crippen LogP contribution in [0.1, 0.15) is 33.1 Å². The van der Waals surface area contributed by atoms with Gasteiger partial charge < -0.3 is 0 Å². The molecule has 1 aliphatic carbocycles. The van der Waals surface area contributed by atoms with Crippen LogP contribution in [-0.2, 0) is 0 Å². The van der Waals surface area contributed by atoms with Crippen molar-refractivity contribution in [2.45, 2.75) is 33.1 Å². The van der Waals surface area contributed by atoms with E-state index in [1.807, 2.05) is 0 Å². The fraction of sp³-hybridized carbons (Fsp3) is 0.800. The van der Waals surface area contributed by atoms with E-state index in [0.717, 1.165) is 11.8 Å². The lowest BCUT2D eigenvalue weighted by atomic mass is 9.87. The number of hydrogen-bond donors (Lipinski definition) is 0. The SMILES string of the molecule is C#C[C@H]1CCC[C@H]1C(C)C. The van der Waals surface area contributed by atoms with Gasteiger partial charge in [-0.25, -0.2) is 0 Å². The largest absolute Gasteiger partial charge is 0.120 e. The zero-order valence-corrected chi connectivity index (χ0v) is 6.93. The van der Waals surface area contributed by atoms with Gasteiger partial charge in [-0.3, -0.25) is 0 Å². The van der Waals surface area contributed by atoms with Gasteiger partial charge in [0.25, 0.3) is 0 Å². The Morgan fingerprint density at radius 3 is 2.50 bits per heavy atom. The monoisotopic (exact) mass is 136 g/mol. The van der Waals surface area contributed by atoms with Crippen molar-refractivity contribution >= 4 is 0 Å². The lowest BCUT2D eigenvalue weighted by molar-refractivity contribution is 0.347. The fourth-order valence-electron chi connectivity index (χ4n) is 1.99. The number of hydrogen-bond acceptors (Lipinski definition) is 0. The zero-order valence-electron chi connectivity index (χ0n) is 6.93. The minimum Gasteiger partial charge on any atom is -0.120 e. The highest BCUT2D eigenvalue weighted by molar-refractivity contribution is 4.99. The van der Waals surface area contributed by atoms with Crippen molar-refractivity contribution in [2.24, 2.45) is 17.8 Å². The summed E-state index contributed by atoms with van der Waals surface area (Å²) in [6.45, 7) is 4.56. The summed E-state index contributed by atoms with van der Waals surface area (Å²) in [4.78, 5) is 0. The Labute approximate surface area is 64.0 Å². The van der Waals surface area contributed by atoms with E-state index >= 15 is 0 Å². The van der Waals surface area contributed by atoms with E-state index < -0.39 is 0 Å². The number of rotatable bonds is 1. The maximum atomic E-state index is 5.41. The zero-order chi connectivity index (χ0) is 7.56. The molecular weight excluding hydrogens is 120 g/mol. The topological polar surface area (TPSA) is 0 Å². The van der Waals surface area contributed by atoms with Gasteiger partial charge in [0.2, 0.25) is 0 Å². The van der Waals surface area contributed by atoms with E-state index in [0.29, 0.717) is 5.92 Å². The van der Waals surface area contributed by atoms with Crippen molar-refractivity contribution in [1.82, 2.24) is 0 Å². The van der Waals surface area contributed by atoms with Crippen LogP contribution < -0.4 is 0 Å². The molecule has 1 aliphatic rings. The van der Waals surface area contributed by atoms with Gasteiger partial charge in [0.05, 0.1) is 0 Å². The Morgan fingerprint density at radius 1 is 1.40 bits per heavy atom. The minimum absolute atomic E-state index is 0.583. The highest BCUT2D eigenvalue weighted by Gasteiger charge is 2.27. The van der Waals surface area contributed by atoms with Crippen molar-refractivity contribution in [3.63, 3.8) is 0 Å². The van der Waals surface area contributed by atoms with Crippen LogP contribution in [0.15, 0.2) is 0 Å². The summed E-state index contributed by atoms with van der Waals surface area (Å²) >= 11 is 0. The first-order valence-electron chi connectivity index (χ1n) is 4.22. The fourth-order valence-corrected chi connectivity index (χ4v) is 1.99. The van der Waals surface area contributed by atoms with Crippen molar-refractivity contribution < 1.29 is 0 Å². The summed E-state index contributed by atoms with van der Waals surface area (Å²) < 4.78 is 0. The minimum atomic E-state index is 0.583. The average Bonchev–Trinajstić information content (AvgIpc) is 2.33. The Balaban J connectivity index is 2.52. The summed E-state index contributed by atoms with van der Waals surface area (Å²) in [5, 5.41) is 0. The lowest BCUT2D eigenvalue weighted by Gasteiger charge is -2.17. The molecule has 10 heavy (non-hydrogen) atoms. The molecule has 0 nitrogen and oxygen atoms in total. The van der Waals surface area contributed by atoms with E-state index in [4.69, 9.17) is 6.42 Å². The van der Waals surface area contributed by atoms with Crippen LogP contribution in [0.4, 0.5) is 0 Å². The molecule has 0 aliphatic heterocycles. The molecule has 2 atom stereocenters. The van der Waals surface area contributed by atoms with Gasteiger partial charge in [0.15, 0.2) is 0 Å². The van der Waals surface area contributed by atoms with E-state index in [1.54, 1.807) is 0 Å². The molecule has 0 aromatic carbocycles. The third-order valence-corrected chi connectivity index (χ3v) is 2.64. The van der Waals surface area contributed by atoms with E-state index in [1.165, 1.54) is 19.3 Å². The smallest absolute Gasteiger partial charge is 0.0230 e. The van der Waals surface area contributed by atoms with Crippen LogP contribution in [0.5, 0.6) is 0 Å². The summed E-state index contributed by atoms with van der Waals surface area (Å²) in [6.07, 6.45) is 9.37. The summed E-state index contributed by atoms with van der Waals surface area (Å²) in [5.41, 5.74) is 0. The maximum Gasteiger partial charge on any atom is 0.0230 e. The molecule has 1 fully saturated rings. The third-order valence-electron chi connectivity index (χ3n) is 2.64. The van der Waals surface area contributed by atoms with Crippen LogP contribution in [0.25, 0.3) is 0 Å². The first-order chi connectivity index (χ1) is 4.75. The van der Waals surface area contributed by atoms with Crippen molar-refractivity contribution in [2.75, 3.05) is 0 Å². The predicted molar refractivity (Wildman–Crippen MR) is 44.5 cm³/mol. The van der Waals surface area contributed by atoms with Crippen molar-refractivity contribution in [3.8, 4) is 12.3 Å². The van der Waals surface area contributed by atoms with Crippen molar-refractivity contribution in [3.05, 3.63) is 0 Å². The molecular formula is C10H16. The predicted octanol–water partition coefficient (Wildman–Crippen LogP) is 2.69. The van der Waals surface area contributed by atoms with Gasteiger partial charge in [0.1, 0.15) is 0 Å². The standard InChI is InChI=1S/C10H16/c1-4-9-6-5-7-10(9)8(2)3/h1,8-10H,5-7H2,2-3H3/t9-,10-/m0/s1. The highest BCUT2D eigenvalue weighted by Crippen LogP contribution is 2.35. The molecule has 0 radical (unpaired) electrons. The van der Waals surface area contributed by atoms with Crippen LogP contribution in [-0.4, -0.2) is 0 Å². The Hall–Kier alpha value is -0.440. The van der Waals surface area contributed by atoms with Gasteiger partial charge in [-0.05, 0) is 24.7 Å². The van der Waals surface area contributed by atoms with Gasteiger partial charge in [-0.2, -0.15) is 0 Å². The molecule has 0 N–H and O–H groups in total. The van der Waals surface area contributed by atoms with Crippen LogP contribution in [0.2, 0.25) is 0 Å². The number of terminal acetylenes is 1. The Bertz CT molecular complexity index is 139. The summed E-state index contributed by atoms with van der Waals surface area (Å²) in [7, 11) is 0. The van der Waals surface area contributed by atoms with Crippen molar-refractivity contribution in [1.29, 1.82) is 0 Å². The molecule has 0 saturated heterocycles. The van der Waals surface area contributed by atoms with Gasteiger partial charge in [0, 0.05) is 5.92 Å².